The summed E-state index contributed by atoms with van der Waals surface area (Å²) in [6.45, 7) is 4.58. The molecule has 1 aliphatic heterocycles. The molecule has 2 atom stereocenters. The number of epoxide rings is 1. The summed E-state index contributed by atoms with van der Waals surface area (Å²) < 4.78 is 5.84. The second-order valence-corrected chi connectivity index (χ2v) is 7.74. The molecule has 0 spiro atoms. The Kier molecular flexibility index (Phi) is 14.1. The lowest BCUT2D eigenvalue weighted by molar-refractivity contribution is 0.347. The van der Waals surface area contributed by atoms with E-state index in [1.54, 1.807) is 0 Å². The maximum Gasteiger partial charge on any atom is 0.0841 e. The Hall–Kier alpha value is -0.0400. The zero-order valence-corrected chi connectivity index (χ0v) is 16.3. The van der Waals surface area contributed by atoms with Gasteiger partial charge in [0.1, 0.15) is 0 Å². The van der Waals surface area contributed by atoms with Crippen molar-refractivity contribution in [1.29, 1.82) is 0 Å². The van der Waals surface area contributed by atoms with Crippen molar-refractivity contribution in [1.82, 2.24) is 0 Å². The molecule has 138 valence electrons. The Labute approximate surface area is 147 Å². The summed E-state index contributed by atoms with van der Waals surface area (Å²) in [6, 6.07) is 0. The van der Waals surface area contributed by atoms with Crippen LogP contribution in [0.25, 0.3) is 0 Å². The lowest BCUT2D eigenvalue weighted by Crippen LogP contribution is -1.94. The molecule has 0 aliphatic carbocycles. The smallest absolute Gasteiger partial charge is 0.0841 e. The van der Waals surface area contributed by atoms with Crippen LogP contribution in [-0.2, 0) is 4.74 Å². The molecule has 0 radical (unpaired) electrons. The molecule has 0 aromatic heterocycles. The Morgan fingerprint density at radius 1 is 0.435 bits per heavy atom. The number of rotatable bonds is 18. The van der Waals surface area contributed by atoms with Crippen molar-refractivity contribution in [2.24, 2.45) is 0 Å². The predicted molar refractivity (Wildman–Crippen MR) is 103 cm³/mol. The largest absolute Gasteiger partial charge is 0.370 e. The third-order valence-electron chi connectivity index (χ3n) is 5.37. The first-order valence-electron chi connectivity index (χ1n) is 11.0. The highest BCUT2D eigenvalue weighted by Gasteiger charge is 2.36. The van der Waals surface area contributed by atoms with Crippen LogP contribution in [0.4, 0.5) is 0 Å². The van der Waals surface area contributed by atoms with Crippen LogP contribution < -0.4 is 0 Å². The van der Waals surface area contributed by atoms with E-state index in [-0.39, 0.29) is 0 Å². The Morgan fingerprint density at radius 2 is 0.739 bits per heavy atom. The molecule has 1 rings (SSSR count). The number of unbranched alkanes of at least 4 members (excludes halogenated alkanes) is 14. The molecule has 23 heavy (non-hydrogen) atoms. The van der Waals surface area contributed by atoms with Crippen molar-refractivity contribution in [2.45, 2.75) is 142 Å². The lowest BCUT2D eigenvalue weighted by atomic mass is 10.0. The molecule has 1 nitrogen and oxygen atoms in total. The van der Waals surface area contributed by atoms with E-state index in [0.29, 0.717) is 12.2 Å². The first kappa shape index (κ1) is 21.0. The fraction of sp³-hybridized carbons (Fsp3) is 1.00. The quantitative estimate of drug-likeness (QED) is 0.185. The van der Waals surface area contributed by atoms with Crippen LogP contribution >= 0.6 is 0 Å². The number of ether oxygens (including phenoxy) is 1. The second kappa shape index (κ2) is 15.5. The van der Waals surface area contributed by atoms with Gasteiger partial charge in [-0.15, -0.1) is 0 Å². The maximum atomic E-state index is 5.84. The van der Waals surface area contributed by atoms with Gasteiger partial charge in [-0.25, -0.2) is 0 Å². The minimum absolute atomic E-state index is 0.639. The van der Waals surface area contributed by atoms with E-state index in [9.17, 15) is 0 Å². The van der Waals surface area contributed by atoms with Crippen molar-refractivity contribution in [3.63, 3.8) is 0 Å². The van der Waals surface area contributed by atoms with E-state index in [0.717, 1.165) is 0 Å². The van der Waals surface area contributed by atoms with E-state index >= 15 is 0 Å². The van der Waals surface area contributed by atoms with Gasteiger partial charge >= 0.3 is 0 Å². The SMILES string of the molecule is CCCCCCCCCC[C@@H]1O[C@H]1CCCCCCCCCC. The summed E-state index contributed by atoms with van der Waals surface area (Å²) >= 11 is 0. The molecule has 0 aromatic rings. The van der Waals surface area contributed by atoms with Crippen molar-refractivity contribution in [2.75, 3.05) is 0 Å². The molecule has 0 amide bonds. The molecule has 0 N–H and O–H groups in total. The van der Waals surface area contributed by atoms with Crippen molar-refractivity contribution in [3.8, 4) is 0 Å². The van der Waals surface area contributed by atoms with E-state index in [1.165, 1.54) is 116 Å². The van der Waals surface area contributed by atoms with Crippen LogP contribution in [0.3, 0.4) is 0 Å². The molecular weight excluding hydrogens is 280 g/mol. The third kappa shape index (κ3) is 13.0. The Morgan fingerprint density at radius 3 is 1.09 bits per heavy atom. The summed E-state index contributed by atoms with van der Waals surface area (Å²) in [5.74, 6) is 0. The van der Waals surface area contributed by atoms with Gasteiger partial charge in [0.15, 0.2) is 0 Å². The van der Waals surface area contributed by atoms with Gasteiger partial charge in [-0.1, -0.05) is 117 Å². The molecule has 0 unspecified atom stereocenters. The van der Waals surface area contributed by atoms with Crippen LogP contribution in [-0.4, -0.2) is 12.2 Å². The van der Waals surface area contributed by atoms with Crippen LogP contribution in [0, 0.1) is 0 Å². The van der Waals surface area contributed by atoms with Gasteiger partial charge in [-0.05, 0) is 12.8 Å². The topological polar surface area (TPSA) is 12.5 Å². The molecule has 1 saturated heterocycles. The van der Waals surface area contributed by atoms with Crippen molar-refractivity contribution in [3.05, 3.63) is 0 Å². The fourth-order valence-electron chi connectivity index (χ4n) is 3.65. The van der Waals surface area contributed by atoms with Crippen LogP contribution in [0.2, 0.25) is 0 Å². The Bertz CT molecular complexity index is 214. The molecule has 0 bridgehead atoms. The predicted octanol–water partition coefficient (Wildman–Crippen LogP) is 7.82. The van der Waals surface area contributed by atoms with Gasteiger partial charge in [0.2, 0.25) is 0 Å². The van der Waals surface area contributed by atoms with Gasteiger partial charge < -0.3 is 4.74 Å². The van der Waals surface area contributed by atoms with E-state index in [1.807, 2.05) is 0 Å². The van der Waals surface area contributed by atoms with E-state index in [4.69, 9.17) is 4.74 Å². The maximum absolute atomic E-state index is 5.84. The van der Waals surface area contributed by atoms with Crippen LogP contribution in [0.5, 0.6) is 0 Å². The Balaban J connectivity index is 1.73. The second-order valence-electron chi connectivity index (χ2n) is 7.74. The number of hydrogen-bond donors (Lipinski definition) is 0. The van der Waals surface area contributed by atoms with Crippen molar-refractivity contribution < 1.29 is 4.74 Å². The molecule has 0 saturated carbocycles. The van der Waals surface area contributed by atoms with Crippen molar-refractivity contribution >= 4 is 0 Å². The molecule has 0 aromatic carbocycles. The standard InChI is InChI=1S/C22H44O/c1-3-5-7-9-11-13-15-17-19-21-22(23-21)20-18-16-14-12-10-8-6-4-2/h21-22H,3-20H2,1-2H3/t21-,22-/m0/s1. The highest BCUT2D eigenvalue weighted by molar-refractivity contribution is 4.84. The monoisotopic (exact) mass is 324 g/mol. The summed E-state index contributed by atoms with van der Waals surface area (Å²) in [7, 11) is 0. The average molecular weight is 325 g/mol. The summed E-state index contributed by atoms with van der Waals surface area (Å²) in [5, 5.41) is 0. The van der Waals surface area contributed by atoms with E-state index in [2.05, 4.69) is 13.8 Å². The summed E-state index contributed by atoms with van der Waals surface area (Å²) in [6.07, 6.45) is 26.7. The van der Waals surface area contributed by atoms with Gasteiger partial charge in [0.05, 0.1) is 12.2 Å². The third-order valence-corrected chi connectivity index (χ3v) is 5.37. The zero-order chi connectivity index (χ0) is 16.6. The molecule has 1 aliphatic rings. The summed E-state index contributed by atoms with van der Waals surface area (Å²) in [5.41, 5.74) is 0. The lowest BCUT2D eigenvalue weighted by Gasteiger charge is -2.01. The molecular formula is C22H44O. The van der Waals surface area contributed by atoms with Gasteiger partial charge in [0.25, 0.3) is 0 Å². The summed E-state index contributed by atoms with van der Waals surface area (Å²) in [4.78, 5) is 0. The van der Waals surface area contributed by atoms with Crippen LogP contribution in [0.15, 0.2) is 0 Å². The fourth-order valence-corrected chi connectivity index (χ4v) is 3.65. The first-order chi connectivity index (χ1) is 11.4. The zero-order valence-electron chi connectivity index (χ0n) is 16.3. The minimum atomic E-state index is 0.639. The first-order valence-corrected chi connectivity index (χ1v) is 11.0. The van der Waals surface area contributed by atoms with Gasteiger partial charge in [0, 0.05) is 0 Å². The molecule has 1 heterocycles. The molecule has 1 heteroatoms. The van der Waals surface area contributed by atoms with Gasteiger partial charge in [-0.3, -0.25) is 0 Å². The van der Waals surface area contributed by atoms with Crippen LogP contribution in [0.1, 0.15) is 129 Å². The van der Waals surface area contributed by atoms with E-state index < -0.39 is 0 Å². The highest BCUT2D eigenvalue weighted by atomic mass is 16.6. The normalized spacial score (nSPS) is 20.1. The minimum Gasteiger partial charge on any atom is -0.370 e. The molecule has 1 fully saturated rings. The highest BCUT2D eigenvalue weighted by Crippen LogP contribution is 2.31. The number of hydrogen-bond acceptors (Lipinski definition) is 1. The average Bonchev–Trinajstić information content (AvgIpc) is 3.31. The van der Waals surface area contributed by atoms with Gasteiger partial charge in [-0.2, -0.15) is 0 Å².